The fourth-order valence-electron chi connectivity index (χ4n) is 1.86. The van der Waals surface area contributed by atoms with E-state index < -0.39 is 5.82 Å². The van der Waals surface area contributed by atoms with E-state index in [2.05, 4.69) is 21.9 Å². The molecule has 0 aliphatic rings. The summed E-state index contributed by atoms with van der Waals surface area (Å²) in [5, 5.41) is 2.67. The molecule has 0 radical (unpaired) electrons. The van der Waals surface area contributed by atoms with Crippen LogP contribution in [-0.2, 0) is 4.74 Å². The van der Waals surface area contributed by atoms with E-state index in [0.717, 1.165) is 5.57 Å². The number of hydrogen-bond acceptors (Lipinski definition) is 3. The predicted octanol–water partition coefficient (Wildman–Crippen LogP) is 2.69. The maximum absolute atomic E-state index is 13.5. The SMILES string of the molecule is C=C(C)COCCNC(=O)c1cc(F)cc2[nH]c(=S)[nH]c12. The Hall–Kier alpha value is -1.99. The number of imidazole rings is 1. The first kappa shape index (κ1) is 15.4. The Balaban J connectivity index is 2.05. The molecule has 5 nitrogen and oxygen atoms in total. The van der Waals surface area contributed by atoms with E-state index in [0.29, 0.717) is 35.6 Å². The molecule has 0 saturated carbocycles. The number of aromatic nitrogens is 2. The lowest BCUT2D eigenvalue weighted by Gasteiger charge is -2.07. The molecule has 1 aromatic heterocycles. The fourth-order valence-corrected chi connectivity index (χ4v) is 2.08. The standard InChI is InChI=1S/C14H16FN3O2S/c1-8(2)7-20-4-3-16-13(19)10-5-9(15)6-11-12(10)18-14(21)17-11/h5-6H,1,3-4,7H2,2H3,(H,16,19)(H2,17,18,21). The lowest BCUT2D eigenvalue weighted by atomic mass is 10.1. The van der Waals surface area contributed by atoms with Gasteiger partial charge in [0, 0.05) is 6.54 Å². The van der Waals surface area contributed by atoms with Crippen LogP contribution in [0.5, 0.6) is 0 Å². The number of rotatable bonds is 6. The highest BCUT2D eigenvalue weighted by Gasteiger charge is 2.13. The minimum absolute atomic E-state index is 0.206. The van der Waals surface area contributed by atoms with E-state index in [1.54, 1.807) is 0 Å². The highest BCUT2D eigenvalue weighted by Crippen LogP contribution is 2.17. The summed E-state index contributed by atoms with van der Waals surface area (Å²) in [5.74, 6) is -0.889. The van der Waals surface area contributed by atoms with Gasteiger partial charge in [0.25, 0.3) is 5.91 Å². The number of carbonyl (C=O) groups excluding carboxylic acids is 1. The number of H-pyrrole nitrogens is 2. The minimum atomic E-state index is -0.503. The quantitative estimate of drug-likeness (QED) is 0.436. The van der Waals surface area contributed by atoms with Gasteiger partial charge in [-0.2, -0.15) is 0 Å². The van der Waals surface area contributed by atoms with Crippen molar-refractivity contribution in [3.63, 3.8) is 0 Å². The molecular formula is C14H16FN3O2S. The largest absolute Gasteiger partial charge is 0.375 e. The Morgan fingerprint density at radius 1 is 1.48 bits per heavy atom. The molecule has 0 atom stereocenters. The number of fused-ring (bicyclic) bond motifs is 1. The monoisotopic (exact) mass is 309 g/mol. The van der Waals surface area contributed by atoms with E-state index in [1.165, 1.54) is 12.1 Å². The number of nitrogens with one attached hydrogen (secondary N) is 3. The summed E-state index contributed by atoms with van der Waals surface area (Å²) in [5.41, 5.74) is 2.07. The molecule has 0 saturated heterocycles. The topological polar surface area (TPSA) is 69.9 Å². The summed E-state index contributed by atoms with van der Waals surface area (Å²) in [7, 11) is 0. The van der Waals surface area contributed by atoms with Crippen molar-refractivity contribution in [1.82, 2.24) is 15.3 Å². The Morgan fingerprint density at radius 3 is 2.95 bits per heavy atom. The Morgan fingerprint density at radius 2 is 2.24 bits per heavy atom. The number of aromatic amines is 2. The Kier molecular flexibility index (Phi) is 4.87. The molecule has 2 aromatic rings. The molecule has 2 rings (SSSR count). The smallest absolute Gasteiger partial charge is 0.253 e. The van der Waals surface area contributed by atoms with Crippen molar-refractivity contribution in [3.05, 3.63) is 40.4 Å². The van der Waals surface area contributed by atoms with Crippen LogP contribution >= 0.6 is 12.2 Å². The van der Waals surface area contributed by atoms with Crippen molar-refractivity contribution < 1.29 is 13.9 Å². The first-order valence-corrected chi connectivity index (χ1v) is 6.80. The van der Waals surface area contributed by atoms with Gasteiger partial charge in [-0.3, -0.25) is 4.79 Å². The van der Waals surface area contributed by atoms with E-state index >= 15 is 0 Å². The molecule has 0 aliphatic carbocycles. The van der Waals surface area contributed by atoms with Crippen LogP contribution in [0.3, 0.4) is 0 Å². The number of ether oxygens (including phenoxy) is 1. The lowest BCUT2D eigenvalue weighted by Crippen LogP contribution is -2.27. The van der Waals surface area contributed by atoms with Crippen LogP contribution in [0.2, 0.25) is 0 Å². The zero-order chi connectivity index (χ0) is 15.4. The van der Waals surface area contributed by atoms with Crippen molar-refractivity contribution in [2.45, 2.75) is 6.92 Å². The zero-order valence-corrected chi connectivity index (χ0v) is 12.4. The summed E-state index contributed by atoms with van der Waals surface area (Å²) in [4.78, 5) is 17.7. The van der Waals surface area contributed by atoms with Gasteiger partial charge in [0.05, 0.1) is 29.8 Å². The van der Waals surface area contributed by atoms with Gasteiger partial charge in [0.1, 0.15) is 5.82 Å². The number of hydrogen-bond donors (Lipinski definition) is 3. The zero-order valence-electron chi connectivity index (χ0n) is 11.6. The second-order valence-electron chi connectivity index (χ2n) is 4.72. The van der Waals surface area contributed by atoms with Gasteiger partial charge in [-0.15, -0.1) is 0 Å². The summed E-state index contributed by atoms with van der Waals surface area (Å²) in [6.45, 7) is 6.71. The van der Waals surface area contributed by atoms with Crippen LogP contribution in [0.25, 0.3) is 11.0 Å². The lowest BCUT2D eigenvalue weighted by molar-refractivity contribution is 0.0928. The van der Waals surface area contributed by atoms with E-state index in [1.807, 2.05) is 6.92 Å². The maximum Gasteiger partial charge on any atom is 0.253 e. The molecule has 21 heavy (non-hydrogen) atoms. The van der Waals surface area contributed by atoms with Gasteiger partial charge in [-0.1, -0.05) is 12.2 Å². The molecule has 0 fully saturated rings. The van der Waals surface area contributed by atoms with E-state index in [-0.39, 0.29) is 11.5 Å². The summed E-state index contributed by atoms with van der Waals surface area (Å²) < 4.78 is 19.1. The van der Waals surface area contributed by atoms with Crippen molar-refractivity contribution in [2.24, 2.45) is 0 Å². The molecule has 1 aromatic carbocycles. The molecule has 3 N–H and O–H groups in total. The second kappa shape index (κ2) is 6.64. The van der Waals surface area contributed by atoms with E-state index in [9.17, 15) is 9.18 Å². The van der Waals surface area contributed by atoms with Gasteiger partial charge in [0.15, 0.2) is 4.77 Å². The Labute approximate surface area is 126 Å². The molecule has 0 unspecified atom stereocenters. The van der Waals surface area contributed by atoms with Gasteiger partial charge >= 0.3 is 0 Å². The van der Waals surface area contributed by atoms with Gasteiger partial charge < -0.3 is 20.0 Å². The highest BCUT2D eigenvalue weighted by molar-refractivity contribution is 7.71. The first-order valence-electron chi connectivity index (χ1n) is 6.39. The molecule has 1 heterocycles. The average Bonchev–Trinajstić information content (AvgIpc) is 2.76. The Bertz CT molecular complexity index is 735. The summed E-state index contributed by atoms with van der Waals surface area (Å²) in [6, 6.07) is 2.46. The van der Waals surface area contributed by atoms with Crippen LogP contribution < -0.4 is 5.32 Å². The van der Waals surface area contributed by atoms with E-state index in [4.69, 9.17) is 17.0 Å². The van der Waals surface area contributed by atoms with Crippen molar-refractivity contribution in [3.8, 4) is 0 Å². The fraction of sp³-hybridized carbons (Fsp3) is 0.286. The molecule has 0 bridgehead atoms. The van der Waals surface area contributed by atoms with Gasteiger partial charge in [-0.25, -0.2) is 4.39 Å². The van der Waals surface area contributed by atoms with Crippen LogP contribution in [0.15, 0.2) is 24.3 Å². The summed E-state index contributed by atoms with van der Waals surface area (Å²) in [6.07, 6.45) is 0. The number of carbonyl (C=O) groups is 1. The van der Waals surface area contributed by atoms with Crippen molar-refractivity contribution in [1.29, 1.82) is 0 Å². The first-order chi connectivity index (χ1) is 9.97. The second-order valence-corrected chi connectivity index (χ2v) is 5.13. The van der Waals surface area contributed by atoms with Gasteiger partial charge in [-0.05, 0) is 31.3 Å². The van der Waals surface area contributed by atoms with Crippen molar-refractivity contribution in [2.75, 3.05) is 19.8 Å². The van der Waals surface area contributed by atoms with Crippen molar-refractivity contribution >= 4 is 29.2 Å². The predicted molar refractivity (Wildman–Crippen MR) is 81.4 cm³/mol. The normalized spacial score (nSPS) is 10.8. The molecule has 0 aliphatic heterocycles. The number of halogens is 1. The third kappa shape index (κ3) is 3.99. The van der Waals surface area contributed by atoms with Crippen LogP contribution in [0, 0.1) is 10.6 Å². The van der Waals surface area contributed by atoms with Crippen LogP contribution in [0.1, 0.15) is 17.3 Å². The molecule has 112 valence electrons. The maximum atomic E-state index is 13.5. The molecule has 0 spiro atoms. The summed E-state index contributed by atoms with van der Waals surface area (Å²) >= 11 is 4.96. The third-order valence-corrected chi connectivity index (χ3v) is 2.92. The molecular weight excluding hydrogens is 293 g/mol. The van der Waals surface area contributed by atoms with Crippen LogP contribution in [0.4, 0.5) is 4.39 Å². The number of amides is 1. The number of benzene rings is 1. The minimum Gasteiger partial charge on any atom is -0.375 e. The molecule has 1 amide bonds. The molecule has 7 heteroatoms. The van der Waals surface area contributed by atoms with Gasteiger partial charge in [0.2, 0.25) is 0 Å². The highest BCUT2D eigenvalue weighted by atomic mass is 32.1. The average molecular weight is 309 g/mol. The third-order valence-electron chi connectivity index (χ3n) is 2.71. The van der Waals surface area contributed by atoms with Crippen LogP contribution in [-0.4, -0.2) is 35.6 Å².